The molecular weight excluding hydrogens is 240 g/mol. The van der Waals surface area contributed by atoms with Crippen molar-refractivity contribution in [3.8, 4) is 0 Å². The van der Waals surface area contributed by atoms with Gasteiger partial charge in [-0.25, -0.2) is 0 Å². The molecule has 1 aromatic heterocycles. The third-order valence-corrected chi connectivity index (χ3v) is 2.72. The van der Waals surface area contributed by atoms with Gasteiger partial charge in [-0.3, -0.25) is 4.79 Å². The SMILES string of the molecule is Cc1cnoc1C(=O)NCc1ccccc1Cl. The number of amides is 1. The molecule has 2 rings (SSSR count). The van der Waals surface area contributed by atoms with E-state index in [0.29, 0.717) is 17.1 Å². The summed E-state index contributed by atoms with van der Waals surface area (Å²) in [5, 5.41) is 6.91. The molecule has 17 heavy (non-hydrogen) atoms. The monoisotopic (exact) mass is 250 g/mol. The molecular formula is C12H11ClN2O2. The molecule has 0 saturated heterocycles. The van der Waals surface area contributed by atoms with E-state index in [2.05, 4.69) is 10.5 Å². The lowest BCUT2D eigenvalue weighted by Gasteiger charge is -2.05. The number of carbonyl (C=O) groups excluding carboxylic acids is 1. The number of hydrogen-bond donors (Lipinski definition) is 1. The van der Waals surface area contributed by atoms with Gasteiger partial charge in [-0.1, -0.05) is 35.0 Å². The largest absolute Gasteiger partial charge is 0.351 e. The lowest BCUT2D eigenvalue weighted by atomic mass is 10.2. The molecule has 1 amide bonds. The highest BCUT2D eigenvalue weighted by atomic mass is 35.5. The van der Waals surface area contributed by atoms with Crippen LogP contribution in [0.5, 0.6) is 0 Å². The molecule has 1 N–H and O–H groups in total. The maximum atomic E-state index is 11.7. The quantitative estimate of drug-likeness (QED) is 0.911. The first-order valence-electron chi connectivity index (χ1n) is 5.11. The van der Waals surface area contributed by atoms with Gasteiger partial charge in [-0.05, 0) is 18.6 Å². The fraction of sp³-hybridized carbons (Fsp3) is 0.167. The highest BCUT2D eigenvalue weighted by Crippen LogP contribution is 2.14. The zero-order chi connectivity index (χ0) is 12.3. The molecule has 0 aliphatic carbocycles. The minimum Gasteiger partial charge on any atom is -0.351 e. The maximum absolute atomic E-state index is 11.7. The van der Waals surface area contributed by atoms with Crippen LogP contribution in [0.2, 0.25) is 5.02 Å². The van der Waals surface area contributed by atoms with E-state index in [4.69, 9.17) is 16.1 Å². The van der Waals surface area contributed by atoms with Crippen molar-refractivity contribution in [2.45, 2.75) is 13.5 Å². The summed E-state index contributed by atoms with van der Waals surface area (Å²) in [5.74, 6) is -0.0584. The minimum absolute atomic E-state index is 0.233. The Bertz CT molecular complexity index is 537. The molecule has 0 aliphatic rings. The van der Waals surface area contributed by atoms with E-state index in [9.17, 15) is 4.79 Å². The smallest absolute Gasteiger partial charge is 0.290 e. The van der Waals surface area contributed by atoms with Crippen LogP contribution in [0.15, 0.2) is 35.0 Å². The Balaban J connectivity index is 2.02. The van der Waals surface area contributed by atoms with Crippen LogP contribution in [0.3, 0.4) is 0 Å². The number of benzene rings is 1. The maximum Gasteiger partial charge on any atom is 0.290 e. The summed E-state index contributed by atoms with van der Waals surface area (Å²) in [7, 11) is 0. The number of carbonyl (C=O) groups is 1. The molecule has 2 aromatic rings. The molecule has 0 unspecified atom stereocenters. The Morgan fingerprint density at radius 1 is 1.47 bits per heavy atom. The van der Waals surface area contributed by atoms with Crippen LogP contribution in [0, 0.1) is 6.92 Å². The third-order valence-electron chi connectivity index (χ3n) is 2.35. The van der Waals surface area contributed by atoms with Gasteiger partial charge in [0.2, 0.25) is 5.76 Å². The highest BCUT2D eigenvalue weighted by Gasteiger charge is 2.13. The van der Waals surface area contributed by atoms with Crippen molar-refractivity contribution in [3.63, 3.8) is 0 Å². The lowest BCUT2D eigenvalue weighted by Crippen LogP contribution is -2.23. The number of halogens is 1. The molecule has 4 nitrogen and oxygen atoms in total. The van der Waals surface area contributed by atoms with Crippen LogP contribution in [0.4, 0.5) is 0 Å². The molecule has 0 atom stereocenters. The van der Waals surface area contributed by atoms with Gasteiger partial charge in [0.15, 0.2) is 0 Å². The number of aromatic nitrogens is 1. The number of hydrogen-bond acceptors (Lipinski definition) is 3. The predicted molar refractivity (Wildman–Crippen MR) is 63.9 cm³/mol. The fourth-order valence-corrected chi connectivity index (χ4v) is 1.61. The zero-order valence-electron chi connectivity index (χ0n) is 9.24. The standard InChI is InChI=1S/C12H11ClN2O2/c1-8-6-15-17-11(8)12(16)14-7-9-4-2-3-5-10(9)13/h2-6H,7H2,1H3,(H,14,16). The first kappa shape index (κ1) is 11.7. The Morgan fingerprint density at radius 2 is 2.24 bits per heavy atom. The van der Waals surface area contributed by atoms with E-state index in [1.165, 1.54) is 6.20 Å². The second-order valence-electron chi connectivity index (χ2n) is 3.61. The van der Waals surface area contributed by atoms with E-state index >= 15 is 0 Å². The topological polar surface area (TPSA) is 55.1 Å². The van der Waals surface area contributed by atoms with Crippen molar-refractivity contribution in [3.05, 3.63) is 52.4 Å². The van der Waals surface area contributed by atoms with Crippen LogP contribution < -0.4 is 5.32 Å². The van der Waals surface area contributed by atoms with Gasteiger partial charge in [-0.15, -0.1) is 0 Å². The van der Waals surface area contributed by atoms with Crippen molar-refractivity contribution in [1.82, 2.24) is 10.5 Å². The highest BCUT2D eigenvalue weighted by molar-refractivity contribution is 6.31. The minimum atomic E-state index is -0.292. The molecule has 0 radical (unpaired) electrons. The van der Waals surface area contributed by atoms with Crippen LogP contribution in [0.25, 0.3) is 0 Å². The van der Waals surface area contributed by atoms with Crippen molar-refractivity contribution in [1.29, 1.82) is 0 Å². The normalized spacial score (nSPS) is 10.2. The van der Waals surface area contributed by atoms with Gasteiger partial charge < -0.3 is 9.84 Å². The van der Waals surface area contributed by atoms with Gasteiger partial charge in [0.1, 0.15) is 0 Å². The summed E-state index contributed by atoms with van der Waals surface area (Å²) in [6.07, 6.45) is 1.50. The van der Waals surface area contributed by atoms with Crippen LogP contribution in [-0.4, -0.2) is 11.1 Å². The second-order valence-corrected chi connectivity index (χ2v) is 4.02. The Hall–Kier alpha value is -1.81. The molecule has 1 aromatic carbocycles. The first-order chi connectivity index (χ1) is 8.18. The average Bonchev–Trinajstić information content (AvgIpc) is 2.74. The van der Waals surface area contributed by atoms with E-state index < -0.39 is 0 Å². The summed E-state index contributed by atoms with van der Waals surface area (Å²) in [6.45, 7) is 2.12. The summed E-state index contributed by atoms with van der Waals surface area (Å²) >= 11 is 5.98. The van der Waals surface area contributed by atoms with Gasteiger partial charge >= 0.3 is 0 Å². The van der Waals surface area contributed by atoms with Crippen LogP contribution >= 0.6 is 11.6 Å². The number of nitrogens with zero attached hydrogens (tertiary/aromatic N) is 1. The average molecular weight is 251 g/mol. The number of rotatable bonds is 3. The summed E-state index contributed by atoms with van der Waals surface area (Å²) in [5.41, 5.74) is 1.57. The number of aryl methyl sites for hydroxylation is 1. The number of nitrogens with one attached hydrogen (secondary N) is 1. The predicted octanol–water partition coefficient (Wildman–Crippen LogP) is 2.57. The zero-order valence-corrected chi connectivity index (χ0v) is 9.99. The Morgan fingerprint density at radius 3 is 2.88 bits per heavy atom. The van der Waals surface area contributed by atoms with E-state index in [-0.39, 0.29) is 11.7 Å². The molecule has 0 fully saturated rings. The van der Waals surface area contributed by atoms with Gasteiger partial charge in [-0.2, -0.15) is 0 Å². The van der Waals surface area contributed by atoms with Crippen molar-refractivity contribution in [2.24, 2.45) is 0 Å². The molecule has 0 bridgehead atoms. The summed E-state index contributed by atoms with van der Waals surface area (Å²) < 4.78 is 4.85. The van der Waals surface area contributed by atoms with E-state index in [1.807, 2.05) is 18.2 Å². The Labute approximate surface area is 104 Å². The summed E-state index contributed by atoms with van der Waals surface area (Å²) in [6, 6.07) is 7.35. The van der Waals surface area contributed by atoms with Crippen molar-refractivity contribution < 1.29 is 9.32 Å². The second kappa shape index (κ2) is 5.01. The molecule has 1 heterocycles. The van der Waals surface area contributed by atoms with Gasteiger partial charge in [0, 0.05) is 17.1 Å². The molecule has 0 aliphatic heterocycles. The van der Waals surface area contributed by atoms with Crippen LogP contribution in [-0.2, 0) is 6.54 Å². The lowest BCUT2D eigenvalue weighted by molar-refractivity contribution is 0.0913. The van der Waals surface area contributed by atoms with Gasteiger partial charge in [0.25, 0.3) is 5.91 Å². The van der Waals surface area contributed by atoms with E-state index in [0.717, 1.165) is 5.56 Å². The molecule has 0 saturated carbocycles. The van der Waals surface area contributed by atoms with Gasteiger partial charge in [0.05, 0.1) is 6.20 Å². The van der Waals surface area contributed by atoms with E-state index in [1.54, 1.807) is 13.0 Å². The van der Waals surface area contributed by atoms with Crippen molar-refractivity contribution >= 4 is 17.5 Å². The van der Waals surface area contributed by atoms with Crippen molar-refractivity contribution in [2.75, 3.05) is 0 Å². The molecule has 0 spiro atoms. The molecule has 88 valence electrons. The third kappa shape index (κ3) is 2.65. The fourth-order valence-electron chi connectivity index (χ4n) is 1.41. The first-order valence-corrected chi connectivity index (χ1v) is 5.49. The summed E-state index contributed by atoms with van der Waals surface area (Å²) in [4.78, 5) is 11.7. The molecule has 5 heteroatoms. The van der Waals surface area contributed by atoms with Crippen LogP contribution in [0.1, 0.15) is 21.7 Å². The Kier molecular flexibility index (Phi) is 3.44.